The maximum atomic E-state index is 12.8. The fourth-order valence-electron chi connectivity index (χ4n) is 5.85. The summed E-state index contributed by atoms with van der Waals surface area (Å²) in [7, 11) is 0. The number of rotatable bonds is 4. The first-order valence-electron chi connectivity index (χ1n) is 10.8. The highest BCUT2D eigenvalue weighted by atomic mass is 16.2. The van der Waals surface area contributed by atoms with E-state index in [9.17, 15) is 4.79 Å². The second kappa shape index (κ2) is 7.70. The monoisotopic (exact) mass is 378 g/mol. The first-order valence-corrected chi connectivity index (χ1v) is 10.8. The summed E-state index contributed by atoms with van der Waals surface area (Å²) in [5.74, 6) is 1.48. The minimum Gasteiger partial charge on any atom is -0.340 e. The Labute approximate surface area is 167 Å². The standard InChI is InChI=1S/C23H30N4O/c28-23(17-26-11-5-10-24-26)25-14-19-12-20(16-25)22-9-4-8-21(27(22)15-19)13-18-6-2-1-3-7-18/h1-3,5-7,10-11,19-22H,4,8-9,12-17H2/t19-,20+,21+,22-/m0/s1. The Morgan fingerprint density at radius 3 is 2.79 bits per heavy atom. The number of carbonyl (C=O) groups is 1. The van der Waals surface area contributed by atoms with Gasteiger partial charge in [0, 0.05) is 44.1 Å². The summed E-state index contributed by atoms with van der Waals surface area (Å²) in [6.45, 7) is 3.37. The van der Waals surface area contributed by atoms with E-state index in [0.717, 1.165) is 19.6 Å². The molecule has 28 heavy (non-hydrogen) atoms. The zero-order valence-corrected chi connectivity index (χ0v) is 16.5. The van der Waals surface area contributed by atoms with Gasteiger partial charge in [0.05, 0.1) is 0 Å². The molecule has 0 saturated carbocycles. The Kier molecular flexibility index (Phi) is 4.93. The normalized spacial score (nSPS) is 30.1. The average Bonchev–Trinajstić information content (AvgIpc) is 3.22. The van der Waals surface area contributed by atoms with Gasteiger partial charge in [-0.05, 0) is 49.1 Å². The number of hydrogen-bond donors (Lipinski definition) is 0. The molecule has 5 rings (SSSR count). The van der Waals surface area contributed by atoms with E-state index in [1.807, 2.05) is 12.3 Å². The number of carbonyl (C=O) groups excluding carboxylic acids is 1. The van der Waals surface area contributed by atoms with Crippen molar-refractivity contribution in [3.05, 3.63) is 54.4 Å². The molecule has 5 heteroatoms. The summed E-state index contributed by atoms with van der Waals surface area (Å²) in [4.78, 5) is 17.8. The van der Waals surface area contributed by atoms with Crippen LogP contribution in [-0.2, 0) is 17.8 Å². The predicted octanol–water partition coefficient (Wildman–Crippen LogP) is 2.83. The second-order valence-corrected chi connectivity index (χ2v) is 8.90. The lowest BCUT2D eigenvalue weighted by Gasteiger charge is -2.55. The molecule has 0 spiro atoms. The van der Waals surface area contributed by atoms with E-state index in [1.165, 1.54) is 37.7 Å². The SMILES string of the molecule is O=C(Cn1cccn1)N1C[C@@H]2C[C@H](C1)[C@@H]1CCC[C@H](Cc3ccccc3)N1C2. The number of amides is 1. The van der Waals surface area contributed by atoms with Gasteiger partial charge in [-0.25, -0.2) is 0 Å². The van der Waals surface area contributed by atoms with E-state index < -0.39 is 0 Å². The second-order valence-electron chi connectivity index (χ2n) is 8.90. The highest BCUT2D eigenvalue weighted by molar-refractivity contribution is 5.76. The molecule has 2 aromatic rings. The van der Waals surface area contributed by atoms with Gasteiger partial charge in [-0.2, -0.15) is 5.10 Å². The molecule has 3 aliphatic heterocycles. The predicted molar refractivity (Wildman–Crippen MR) is 109 cm³/mol. The number of piperidine rings is 3. The molecule has 1 amide bonds. The maximum absolute atomic E-state index is 12.8. The highest BCUT2D eigenvalue weighted by Crippen LogP contribution is 2.40. The maximum Gasteiger partial charge on any atom is 0.244 e. The van der Waals surface area contributed by atoms with E-state index >= 15 is 0 Å². The fourth-order valence-corrected chi connectivity index (χ4v) is 5.85. The molecule has 0 radical (unpaired) electrons. The Balaban J connectivity index is 1.27. The van der Waals surface area contributed by atoms with Crippen molar-refractivity contribution in [1.82, 2.24) is 19.6 Å². The van der Waals surface area contributed by atoms with Crippen LogP contribution in [0.15, 0.2) is 48.8 Å². The largest absolute Gasteiger partial charge is 0.340 e. The molecule has 2 bridgehead atoms. The summed E-state index contributed by atoms with van der Waals surface area (Å²) < 4.78 is 1.75. The molecule has 5 nitrogen and oxygen atoms in total. The zero-order valence-electron chi connectivity index (χ0n) is 16.5. The van der Waals surface area contributed by atoms with Crippen LogP contribution in [0.2, 0.25) is 0 Å². The van der Waals surface area contributed by atoms with Crippen molar-refractivity contribution in [3.8, 4) is 0 Å². The topological polar surface area (TPSA) is 41.4 Å². The summed E-state index contributed by atoms with van der Waals surface area (Å²) in [5, 5.41) is 4.20. The molecular formula is C23H30N4O. The van der Waals surface area contributed by atoms with Gasteiger partial charge < -0.3 is 4.90 Å². The van der Waals surface area contributed by atoms with Crippen LogP contribution in [0, 0.1) is 11.8 Å². The Morgan fingerprint density at radius 2 is 1.96 bits per heavy atom. The molecule has 3 aliphatic rings. The summed E-state index contributed by atoms with van der Waals surface area (Å²) in [6.07, 6.45) is 10.0. The molecule has 4 atom stereocenters. The lowest BCUT2D eigenvalue weighted by atomic mass is 9.74. The van der Waals surface area contributed by atoms with Crippen LogP contribution in [0.4, 0.5) is 0 Å². The van der Waals surface area contributed by atoms with Gasteiger partial charge >= 0.3 is 0 Å². The van der Waals surface area contributed by atoms with Crippen LogP contribution in [0.25, 0.3) is 0 Å². The molecule has 3 fully saturated rings. The van der Waals surface area contributed by atoms with Gasteiger partial charge in [-0.3, -0.25) is 14.4 Å². The van der Waals surface area contributed by atoms with E-state index in [1.54, 1.807) is 10.9 Å². The molecule has 0 N–H and O–H groups in total. The zero-order chi connectivity index (χ0) is 18.9. The third kappa shape index (κ3) is 3.60. The van der Waals surface area contributed by atoms with E-state index in [0.29, 0.717) is 30.5 Å². The Morgan fingerprint density at radius 1 is 1.07 bits per heavy atom. The lowest BCUT2D eigenvalue weighted by Crippen LogP contribution is -2.62. The van der Waals surface area contributed by atoms with Crippen molar-refractivity contribution < 1.29 is 4.79 Å². The molecule has 148 valence electrons. The van der Waals surface area contributed by atoms with Crippen LogP contribution in [0.3, 0.4) is 0 Å². The summed E-state index contributed by atoms with van der Waals surface area (Å²) in [5.41, 5.74) is 1.46. The number of hydrogen-bond acceptors (Lipinski definition) is 3. The third-order valence-electron chi connectivity index (χ3n) is 7.04. The van der Waals surface area contributed by atoms with Crippen molar-refractivity contribution in [2.24, 2.45) is 11.8 Å². The molecule has 1 aromatic carbocycles. The molecule has 1 aromatic heterocycles. The van der Waals surface area contributed by atoms with Crippen molar-refractivity contribution in [3.63, 3.8) is 0 Å². The quantitative estimate of drug-likeness (QED) is 0.822. The van der Waals surface area contributed by atoms with Crippen molar-refractivity contribution in [2.75, 3.05) is 19.6 Å². The number of aromatic nitrogens is 2. The van der Waals surface area contributed by atoms with Crippen LogP contribution in [-0.4, -0.2) is 57.2 Å². The first kappa shape index (κ1) is 17.9. The third-order valence-corrected chi connectivity index (χ3v) is 7.04. The molecule has 4 heterocycles. The van der Waals surface area contributed by atoms with E-state index in [-0.39, 0.29) is 5.91 Å². The molecule has 0 unspecified atom stereocenters. The first-order chi connectivity index (χ1) is 13.8. The van der Waals surface area contributed by atoms with Crippen molar-refractivity contribution >= 4 is 5.91 Å². The minimum atomic E-state index is 0.225. The Bertz CT molecular complexity index is 790. The summed E-state index contributed by atoms with van der Waals surface area (Å²) in [6, 6.07) is 14.1. The molecular weight excluding hydrogens is 348 g/mol. The van der Waals surface area contributed by atoms with Crippen LogP contribution in [0.1, 0.15) is 31.2 Å². The van der Waals surface area contributed by atoms with Crippen LogP contribution in [0.5, 0.6) is 0 Å². The van der Waals surface area contributed by atoms with Gasteiger partial charge in [-0.15, -0.1) is 0 Å². The van der Waals surface area contributed by atoms with Crippen molar-refractivity contribution in [1.29, 1.82) is 0 Å². The van der Waals surface area contributed by atoms with E-state index in [4.69, 9.17) is 0 Å². The number of nitrogens with zero attached hydrogens (tertiary/aromatic N) is 4. The van der Waals surface area contributed by atoms with Gasteiger partial charge in [0.2, 0.25) is 5.91 Å². The highest BCUT2D eigenvalue weighted by Gasteiger charge is 2.45. The van der Waals surface area contributed by atoms with Gasteiger partial charge in [0.1, 0.15) is 6.54 Å². The average molecular weight is 379 g/mol. The van der Waals surface area contributed by atoms with Gasteiger partial charge in [-0.1, -0.05) is 36.8 Å². The van der Waals surface area contributed by atoms with Gasteiger partial charge in [0.25, 0.3) is 0 Å². The summed E-state index contributed by atoms with van der Waals surface area (Å²) >= 11 is 0. The number of benzene rings is 1. The van der Waals surface area contributed by atoms with Crippen LogP contribution >= 0.6 is 0 Å². The Hall–Kier alpha value is -2.14. The van der Waals surface area contributed by atoms with Gasteiger partial charge in [0.15, 0.2) is 0 Å². The lowest BCUT2D eigenvalue weighted by molar-refractivity contribution is -0.139. The smallest absolute Gasteiger partial charge is 0.244 e. The van der Waals surface area contributed by atoms with Crippen molar-refractivity contribution in [2.45, 2.75) is 50.7 Å². The van der Waals surface area contributed by atoms with Crippen LogP contribution < -0.4 is 0 Å². The van der Waals surface area contributed by atoms with E-state index in [2.05, 4.69) is 45.2 Å². The molecule has 3 saturated heterocycles. The fraction of sp³-hybridized carbons (Fsp3) is 0.565. The minimum absolute atomic E-state index is 0.225. The molecule has 0 aliphatic carbocycles. The number of likely N-dealkylation sites (tertiary alicyclic amines) is 1. The number of fused-ring (bicyclic) bond motifs is 4.